The van der Waals surface area contributed by atoms with Gasteiger partial charge in [0.15, 0.2) is 0 Å². The van der Waals surface area contributed by atoms with Crippen LogP contribution < -0.4 is 5.73 Å². The highest BCUT2D eigenvalue weighted by Crippen LogP contribution is 2.40. The molecule has 1 aliphatic carbocycles. The predicted octanol–water partition coefficient (Wildman–Crippen LogP) is 2.69. The van der Waals surface area contributed by atoms with E-state index in [9.17, 15) is 0 Å². The molecule has 0 unspecified atom stereocenters. The lowest BCUT2D eigenvalue weighted by molar-refractivity contribution is 0.162. The molecule has 0 radical (unpaired) electrons. The lowest BCUT2D eigenvalue weighted by Gasteiger charge is -2.40. The second-order valence-electron chi connectivity index (χ2n) is 4.88. The smallest absolute Gasteiger partial charge is 0.0152 e. The fourth-order valence-electron chi connectivity index (χ4n) is 1.78. The zero-order valence-electron chi connectivity index (χ0n) is 8.11. The van der Waals surface area contributed by atoms with Gasteiger partial charge in [-0.2, -0.15) is 0 Å². The molecule has 0 heterocycles. The van der Waals surface area contributed by atoms with E-state index < -0.39 is 0 Å². The van der Waals surface area contributed by atoms with Crippen LogP contribution in [0.1, 0.15) is 52.9 Å². The van der Waals surface area contributed by atoms with Gasteiger partial charge < -0.3 is 5.73 Å². The minimum atomic E-state index is 0.176. The molecule has 0 aromatic rings. The molecule has 1 rings (SSSR count). The van der Waals surface area contributed by atoms with Gasteiger partial charge in [-0.15, -0.1) is 0 Å². The second-order valence-corrected chi connectivity index (χ2v) is 4.88. The molecule has 1 heteroatoms. The summed E-state index contributed by atoms with van der Waals surface area (Å²) in [4.78, 5) is 0. The predicted molar refractivity (Wildman–Crippen MR) is 49.5 cm³/mol. The van der Waals surface area contributed by atoms with E-state index in [1.807, 2.05) is 0 Å². The second kappa shape index (κ2) is 2.78. The quantitative estimate of drug-likeness (QED) is 0.619. The van der Waals surface area contributed by atoms with Crippen molar-refractivity contribution in [3.05, 3.63) is 0 Å². The molecule has 0 atom stereocenters. The Balaban J connectivity index is 2.48. The minimum Gasteiger partial charge on any atom is -0.325 e. The molecule has 0 spiro atoms. The molecule has 0 aromatic carbocycles. The first-order chi connectivity index (χ1) is 4.97. The van der Waals surface area contributed by atoms with Crippen LogP contribution in [-0.4, -0.2) is 5.54 Å². The zero-order chi connectivity index (χ0) is 8.54. The summed E-state index contributed by atoms with van der Waals surface area (Å²) in [6, 6.07) is 0. The van der Waals surface area contributed by atoms with E-state index in [4.69, 9.17) is 5.73 Å². The number of rotatable bonds is 1. The van der Waals surface area contributed by atoms with Crippen LogP contribution in [0.4, 0.5) is 0 Å². The molecule has 0 aromatic heterocycles. The van der Waals surface area contributed by atoms with Gasteiger partial charge in [-0.05, 0) is 37.5 Å². The maximum Gasteiger partial charge on any atom is 0.0152 e. The monoisotopic (exact) mass is 155 g/mol. The fourth-order valence-corrected chi connectivity index (χ4v) is 1.78. The van der Waals surface area contributed by atoms with Crippen molar-refractivity contribution in [2.24, 2.45) is 11.1 Å². The third-order valence-corrected chi connectivity index (χ3v) is 3.30. The molecule has 1 aliphatic rings. The van der Waals surface area contributed by atoms with Gasteiger partial charge in [-0.25, -0.2) is 0 Å². The Bertz CT molecular complexity index is 128. The van der Waals surface area contributed by atoms with Gasteiger partial charge in [0.05, 0.1) is 0 Å². The van der Waals surface area contributed by atoms with E-state index in [1.165, 1.54) is 25.7 Å². The summed E-state index contributed by atoms with van der Waals surface area (Å²) < 4.78 is 0. The van der Waals surface area contributed by atoms with Crippen molar-refractivity contribution < 1.29 is 0 Å². The van der Waals surface area contributed by atoms with Crippen molar-refractivity contribution in [3.8, 4) is 0 Å². The van der Waals surface area contributed by atoms with Crippen molar-refractivity contribution >= 4 is 0 Å². The number of hydrogen-bond acceptors (Lipinski definition) is 1. The van der Waals surface area contributed by atoms with E-state index in [1.54, 1.807) is 0 Å². The molecule has 66 valence electrons. The summed E-state index contributed by atoms with van der Waals surface area (Å²) >= 11 is 0. The zero-order valence-corrected chi connectivity index (χ0v) is 8.11. The van der Waals surface area contributed by atoms with E-state index >= 15 is 0 Å². The summed E-state index contributed by atoms with van der Waals surface area (Å²) in [6.45, 7) is 6.91. The third kappa shape index (κ3) is 2.19. The Labute approximate surface area is 70.4 Å². The number of nitrogens with two attached hydrogens (primary N) is 1. The average molecular weight is 155 g/mol. The van der Waals surface area contributed by atoms with Crippen LogP contribution in [0.5, 0.6) is 0 Å². The van der Waals surface area contributed by atoms with Gasteiger partial charge in [0.2, 0.25) is 0 Å². The van der Waals surface area contributed by atoms with E-state index in [0.29, 0.717) is 5.41 Å². The summed E-state index contributed by atoms with van der Waals surface area (Å²) in [7, 11) is 0. The molecule has 1 saturated carbocycles. The molecule has 0 saturated heterocycles. The summed E-state index contributed by atoms with van der Waals surface area (Å²) in [6.07, 6.45) is 6.19. The molecule has 11 heavy (non-hydrogen) atoms. The Morgan fingerprint density at radius 2 is 1.55 bits per heavy atom. The van der Waals surface area contributed by atoms with Crippen LogP contribution in [0.3, 0.4) is 0 Å². The summed E-state index contributed by atoms with van der Waals surface area (Å²) in [5, 5.41) is 0. The van der Waals surface area contributed by atoms with E-state index in [2.05, 4.69) is 20.8 Å². The van der Waals surface area contributed by atoms with Crippen LogP contribution in [-0.2, 0) is 0 Å². The molecule has 0 aliphatic heterocycles. The third-order valence-electron chi connectivity index (χ3n) is 3.30. The standard InChI is InChI=1S/C10H21N/c1-4-10(11)7-5-9(2,3)6-8-10/h4-8,11H2,1-3H3. The van der Waals surface area contributed by atoms with Crippen LogP contribution >= 0.6 is 0 Å². The lowest BCUT2D eigenvalue weighted by atomic mass is 9.69. The van der Waals surface area contributed by atoms with Crippen LogP contribution in [0.25, 0.3) is 0 Å². The minimum absolute atomic E-state index is 0.176. The largest absolute Gasteiger partial charge is 0.325 e. The Hall–Kier alpha value is -0.0400. The molecular weight excluding hydrogens is 134 g/mol. The van der Waals surface area contributed by atoms with Gasteiger partial charge in [-0.1, -0.05) is 20.8 Å². The number of hydrogen-bond donors (Lipinski definition) is 1. The Morgan fingerprint density at radius 1 is 1.09 bits per heavy atom. The molecule has 0 amide bonds. The highest BCUT2D eigenvalue weighted by molar-refractivity contribution is 4.91. The van der Waals surface area contributed by atoms with E-state index in [0.717, 1.165) is 6.42 Å². The molecule has 2 N–H and O–H groups in total. The van der Waals surface area contributed by atoms with Crippen LogP contribution in [0, 0.1) is 5.41 Å². The van der Waals surface area contributed by atoms with Crippen molar-refractivity contribution in [1.82, 2.24) is 0 Å². The van der Waals surface area contributed by atoms with Crippen molar-refractivity contribution in [2.75, 3.05) is 0 Å². The Kier molecular flexibility index (Phi) is 2.29. The van der Waals surface area contributed by atoms with Gasteiger partial charge in [-0.3, -0.25) is 0 Å². The fraction of sp³-hybridized carbons (Fsp3) is 1.00. The van der Waals surface area contributed by atoms with Gasteiger partial charge in [0, 0.05) is 5.54 Å². The molecule has 0 bridgehead atoms. The normalized spacial score (nSPS) is 28.4. The van der Waals surface area contributed by atoms with Crippen molar-refractivity contribution in [3.63, 3.8) is 0 Å². The first-order valence-corrected chi connectivity index (χ1v) is 4.76. The first-order valence-electron chi connectivity index (χ1n) is 4.76. The molecule has 1 nitrogen and oxygen atoms in total. The average Bonchev–Trinajstić information content (AvgIpc) is 1.97. The van der Waals surface area contributed by atoms with Crippen LogP contribution in [0.15, 0.2) is 0 Å². The SMILES string of the molecule is CCC1(N)CCC(C)(C)CC1. The molecular formula is C10H21N. The maximum absolute atomic E-state index is 6.18. The molecule has 1 fully saturated rings. The van der Waals surface area contributed by atoms with Gasteiger partial charge >= 0.3 is 0 Å². The summed E-state index contributed by atoms with van der Waals surface area (Å²) in [5.74, 6) is 0. The van der Waals surface area contributed by atoms with Gasteiger partial charge in [0.1, 0.15) is 0 Å². The highest BCUT2D eigenvalue weighted by Gasteiger charge is 2.33. The van der Waals surface area contributed by atoms with E-state index in [-0.39, 0.29) is 5.54 Å². The topological polar surface area (TPSA) is 26.0 Å². The lowest BCUT2D eigenvalue weighted by Crippen LogP contribution is -2.44. The Morgan fingerprint density at radius 3 is 1.91 bits per heavy atom. The van der Waals surface area contributed by atoms with Crippen molar-refractivity contribution in [2.45, 2.75) is 58.4 Å². The maximum atomic E-state index is 6.18. The van der Waals surface area contributed by atoms with Crippen molar-refractivity contribution in [1.29, 1.82) is 0 Å². The van der Waals surface area contributed by atoms with Gasteiger partial charge in [0.25, 0.3) is 0 Å². The highest BCUT2D eigenvalue weighted by atomic mass is 14.7. The first kappa shape index (κ1) is 9.05. The summed E-state index contributed by atoms with van der Waals surface area (Å²) in [5.41, 5.74) is 6.91. The van der Waals surface area contributed by atoms with Crippen LogP contribution in [0.2, 0.25) is 0 Å².